The lowest BCUT2D eigenvalue weighted by Gasteiger charge is -2.37. The molecule has 0 saturated carbocycles. The molecule has 24 heavy (non-hydrogen) atoms. The van der Waals surface area contributed by atoms with Crippen LogP contribution in [0.3, 0.4) is 0 Å². The van der Waals surface area contributed by atoms with E-state index >= 15 is 0 Å². The summed E-state index contributed by atoms with van der Waals surface area (Å²) in [6.07, 6.45) is 1.32. The van der Waals surface area contributed by atoms with E-state index in [0.29, 0.717) is 5.75 Å². The average Bonchev–Trinajstić information content (AvgIpc) is 3.01. The van der Waals surface area contributed by atoms with E-state index < -0.39 is 25.0 Å². The van der Waals surface area contributed by atoms with Crippen LogP contribution in [0.1, 0.15) is 19.4 Å². The van der Waals surface area contributed by atoms with Crippen molar-refractivity contribution in [3.05, 3.63) is 42.0 Å². The second-order valence-electron chi connectivity index (χ2n) is 5.00. The Morgan fingerprint density at radius 1 is 1.21 bits per heavy atom. The van der Waals surface area contributed by atoms with E-state index in [1.54, 1.807) is 26.0 Å². The molecule has 0 aromatic heterocycles. The van der Waals surface area contributed by atoms with Gasteiger partial charge in [-0.2, -0.15) is 0 Å². The van der Waals surface area contributed by atoms with Crippen LogP contribution in [0.15, 0.2) is 36.4 Å². The summed E-state index contributed by atoms with van der Waals surface area (Å²) in [5.74, 6) is -0.0748. The van der Waals surface area contributed by atoms with Crippen molar-refractivity contribution in [2.24, 2.45) is 0 Å². The fourth-order valence-corrected chi connectivity index (χ4v) is 4.54. The highest BCUT2D eigenvalue weighted by molar-refractivity contribution is 7.55. The maximum Gasteiger partial charge on any atom is 0.370 e. The zero-order valence-electron chi connectivity index (χ0n) is 13.8. The number of hydrogen-bond donors (Lipinski definition) is 1. The first-order chi connectivity index (χ1) is 11.4. The number of ether oxygens (including phenoxy) is 2. The molecule has 132 valence electrons. The van der Waals surface area contributed by atoms with E-state index in [-0.39, 0.29) is 18.8 Å². The van der Waals surface area contributed by atoms with Crippen molar-refractivity contribution in [2.75, 3.05) is 20.3 Å². The van der Waals surface area contributed by atoms with Gasteiger partial charge in [0, 0.05) is 11.6 Å². The lowest BCUT2D eigenvalue weighted by atomic mass is 10.0. The van der Waals surface area contributed by atoms with Crippen LogP contribution in [0, 0.1) is 0 Å². The molecule has 1 heterocycles. The average molecular weight is 356 g/mol. The number of benzene rings is 1. The topological polar surface area (TPSA) is 91.3 Å². The van der Waals surface area contributed by atoms with Gasteiger partial charge in [-0.25, -0.2) is 4.79 Å². The molecule has 0 spiro atoms. The Morgan fingerprint density at radius 3 is 2.21 bits per heavy atom. The summed E-state index contributed by atoms with van der Waals surface area (Å²) in [6.45, 7) is 3.38. The summed E-state index contributed by atoms with van der Waals surface area (Å²) in [4.78, 5) is 11.5. The zero-order chi connectivity index (χ0) is 17.8. The molecular formula is C16H21O7P. The molecule has 1 N–H and O–H groups in total. The maximum absolute atomic E-state index is 13.3. The molecule has 2 rings (SSSR count). The quantitative estimate of drug-likeness (QED) is 0.565. The van der Waals surface area contributed by atoms with Gasteiger partial charge in [0.1, 0.15) is 5.75 Å². The minimum atomic E-state index is -4.08. The number of carbonyl (C=O) groups is 1. The first kappa shape index (κ1) is 18.7. The molecule has 0 bridgehead atoms. The van der Waals surface area contributed by atoms with Gasteiger partial charge in [-0.15, -0.1) is 0 Å². The fraction of sp³-hybridized carbons (Fsp3) is 0.438. The fourth-order valence-electron chi connectivity index (χ4n) is 2.47. The molecule has 1 aromatic rings. The molecule has 0 amide bonds. The SMILES string of the molecule is CCOP(=O)(OCC)[C@](O)(c1ccc(OC)cc1)C1C=CC(=O)O1. The van der Waals surface area contributed by atoms with Gasteiger partial charge < -0.3 is 23.6 Å². The maximum atomic E-state index is 13.3. The van der Waals surface area contributed by atoms with Crippen molar-refractivity contribution in [3.63, 3.8) is 0 Å². The Kier molecular flexibility index (Phi) is 5.83. The molecule has 7 nitrogen and oxygen atoms in total. The van der Waals surface area contributed by atoms with Crippen LogP contribution in [0.4, 0.5) is 0 Å². The van der Waals surface area contributed by atoms with Gasteiger partial charge in [0.25, 0.3) is 0 Å². The van der Waals surface area contributed by atoms with Gasteiger partial charge in [0.05, 0.1) is 20.3 Å². The van der Waals surface area contributed by atoms with Crippen molar-refractivity contribution in [2.45, 2.75) is 25.3 Å². The third kappa shape index (κ3) is 3.26. The van der Waals surface area contributed by atoms with Gasteiger partial charge in [0.2, 0.25) is 5.34 Å². The van der Waals surface area contributed by atoms with Crippen molar-refractivity contribution < 1.29 is 33.0 Å². The Labute approximate surface area is 140 Å². The molecule has 0 fully saturated rings. The summed E-state index contributed by atoms with van der Waals surface area (Å²) < 4.78 is 34.2. The molecule has 0 saturated heterocycles. The smallest absolute Gasteiger partial charge is 0.370 e. The monoisotopic (exact) mass is 356 g/mol. The lowest BCUT2D eigenvalue weighted by molar-refractivity contribution is -0.146. The molecule has 0 aliphatic carbocycles. The number of rotatable bonds is 8. The van der Waals surface area contributed by atoms with E-state index in [1.165, 1.54) is 31.4 Å². The number of esters is 1. The molecule has 1 aromatic carbocycles. The van der Waals surface area contributed by atoms with Crippen LogP contribution < -0.4 is 4.74 Å². The summed E-state index contributed by atoms with van der Waals surface area (Å²) >= 11 is 0. The van der Waals surface area contributed by atoms with E-state index in [1.807, 2.05) is 0 Å². The predicted molar refractivity (Wildman–Crippen MR) is 86.8 cm³/mol. The van der Waals surface area contributed by atoms with Gasteiger partial charge in [-0.05, 0) is 32.1 Å². The minimum Gasteiger partial charge on any atom is -0.497 e. The molecule has 1 unspecified atom stereocenters. The normalized spacial score (nSPS) is 19.8. The standard InChI is InChI=1S/C16H21O7P/c1-4-21-24(19,22-5-2)16(18,14-10-11-15(17)23-14)12-6-8-13(20-3)9-7-12/h6-11,14,18H,4-5H2,1-3H3/t14?,16-/m1/s1. The molecular weight excluding hydrogens is 335 g/mol. The van der Waals surface area contributed by atoms with E-state index in [0.717, 1.165) is 0 Å². The third-order valence-electron chi connectivity index (χ3n) is 3.58. The number of methoxy groups -OCH3 is 1. The third-order valence-corrected chi connectivity index (χ3v) is 6.12. The van der Waals surface area contributed by atoms with Crippen molar-refractivity contribution in [1.29, 1.82) is 0 Å². The van der Waals surface area contributed by atoms with Gasteiger partial charge in [-0.1, -0.05) is 12.1 Å². The van der Waals surface area contributed by atoms with Crippen LogP contribution in [0.2, 0.25) is 0 Å². The van der Waals surface area contributed by atoms with Crippen molar-refractivity contribution in [1.82, 2.24) is 0 Å². The minimum absolute atomic E-state index is 0.0557. The zero-order valence-corrected chi connectivity index (χ0v) is 14.7. The highest BCUT2D eigenvalue weighted by atomic mass is 31.2. The lowest BCUT2D eigenvalue weighted by Crippen LogP contribution is -2.40. The predicted octanol–water partition coefficient (Wildman–Crippen LogP) is 2.59. The van der Waals surface area contributed by atoms with Crippen LogP contribution >= 0.6 is 7.60 Å². The van der Waals surface area contributed by atoms with Crippen LogP contribution in [-0.2, 0) is 28.5 Å². The largest absolute Gasteiger partial charge is 0.497 e. The van der Waals surface area contributed by atoms with Gasteiger partial charge in [0.15, 0.2) is 6.10 Å². The molecule has 2 atom stereocenters. The molecule has 0 radical (unpaired) electrons. The Balaban J connectivity index is 2.57. The Bertz CT molecular complexity index is 645. The number of carbonyl (C=O) groups excluding carboxylic acids is 1. The second-order valence-corrected chi connectivity index (χ2v) is 7.20. The van der Waals surface area contributed by atoms with Gasteiger partial charge >= 0.3 is 13.6 Å². The first-order valence-electron chi connectivity index (χ1n) is 7.56. The second kappa shape index (κ2) is 7.49. The van der Waals surface area contributed by atoms with Crippen LogP contribution in [-0.4, -0.2) is 37.5 Å². The van der Waals surface area contributed by atoms with E-state index in [9.17, 15) is 14.5 Å². The number of hydrogen-bond acceptors (Lipinski definition) is 7. The van der Waals surface area contributed by atoms with Crippen molar-refractivity contribution >= 4 is 13.6 Å². The Hall–Kier alpha value is -1.66. The molecule has 1 aliphatic rings. The van der Waals surface area contributed by atoms with E-state index in [2.05, 4.69) is 0 Å². The highest BCUT2D eigenvalue weighted by Gasteiger charge is 2.58. The number of aliphatic hydroxyl groups is 1. The summed E-state index contributed by atoms with van der Waals surface area (Å²) in [6, 6.07) is 6.26. The van der Waals surface area contributed by atoms with Crippen molar-refractivity contribution in [3.8, 4) is 5.75 Å². The Morgan fingerprint density at radius 2 is 1.79 bits per heavy atom. The summed E-state index contributed by atoms with van der Waals surface area (Å²) in [5, 5.41) is 9.19. The molecule has 1 aliphatic heterocycles. The summed E-state index contributed by atoms with van der Waals surface area (Å²) in [7, 11) is -2.57. The first-order valence-corrected chi connectivity index (χ1v) is 9.10. The summed E-state index contributed by atoms with van der Waals surface area (Å²) in [5.41, 5.74) is 0.234. The molecule has 8 heteroatoms. The van der Waals surface area contributed by atoms with Crippen LogP contribution in [0.5, 0.6) is 5.75 Å². The van der Waals surface area contributed by atoms with Crippen LogP contribution in [0.25, 0.3) is 0 Å². The highest BCUT2D eigenvalue weighted by Crippen LogP contribution is 2.66. The number of cyclic esters (lactones) is 1. The van der Waals surface area contributed by atoms with E-state index in [4.69, 9.17) is 18.5 Å². The van der Waals surface area contributed by atoms with Gasteiger partial charge in [-0.3, -0.25) is 4.57 Å².